The van der Waals surface area contributed by atoms with Gasteiger partial charge in [0.1, 0.15) is 5.82 Å². The van der Waals surface area contributed by atoms with Crippen molar-refractivity contribution in [3.8, 4) is 5.69 Å². The third-order valence-electron chi connectivity index (χ3n) is 6.28. The number of nitrogens with zero attached hydrogens (tertiary/aromatic N) is 3. The smallest absolute Gasteiger partial charge is 0.271 e. The number of nitrogens with one attached hydrogen (secondary N) is 1. The molecule has 1 N–H and O–H groups in total. The van der Waals surface area contributed by atoms with E-state index >= 15 is 0 Å². The second-order valence-electron chi connectivity index (χ2n) is 8.37. The lowest BCUT2D eigenvalue weighted by Gasteiger charge is -2.32. The van der Waals surface area contributed by atoms with Crippen LogP contribution in [0.5, 0.6) is 0 Å². The highest BCUT2D eigenvalue weighted by Gasteiger charge is 2.26. The Morgan fingerprint density at radius 3 is 2.44 bits per heavy atom. The minimum Gasteiger partial charge on any atom is -0.355 e. The lowest BCUT2D eigenvalue weighted by Crippen LogP contribution is -2.41. The van der Waals surface area contributed by atoms with Gasteiger partial charge >= 0.3 is 0 Å². The van der Waals surface area contributed by atoms with Crippen molar-refractivity contribution in [1.29, 1.82) is 0 Å². The van der Waals surface area contributed by atoms with Crippen LogP contribution >= 0.6 is 0 Å². The molecule has 0 radical (unpaired) electrons. The van der Waals surface area contributed by atoms with E-state index in [4.69, 9.17) is 0 Å². The molecule has 3 aromatic rings. The molecule has 1 aromatic heterocycles. The summed E-state index contributed by atoms with van der Waals surface area (Å²) in [5.41, 5.74) is 4.17. The van der Waals surface area contributed by atoms with Crippen LogP contribution < -0.4 is 15.8 Å². The van der Waals surface area contributed by atoms with Crippen LogP contribution in [0.2, 0.25) is 0 Å². The average Bonchev–Trinajstić information content (AvgIpc) is 2.84. The Morgan fingerprint density at radius 1 is 1.03 bits per heavy atom. The number of anilines is 1. The second kappa shape index (κ2) is 9.81. The summed E-state index contributed by atoms with van der Waals surface area (Å²) in [6.45, 7) is 6.21. The minimum absolute atomic E-state index is 0.00256. The molecule has 32 heavy (non-hydrogen) atoms. The molecule has 1 aliphatic rings. The lowest BCUT2D eigenvalue weighted by atomic mass is 9.95. The first-order valence-corrected chi connectivity index (χ1v) is 11.3. The van der Waals surface area contributed by atoms with Gasteiger partial charge in [-0.1, -0.05) is 43.3 Å². The van der Waals surface area contributed by atoms with Crippen molar-refractivity contribution in [3.05, 3.63) is 87.7 Å². The van der Waals surface area contributed by atoms with E-state index in [1.807, 2.05) is 36.4 Å². The van der Waals surface area contributed by atoms with Crippen LogP contribution in [-0.4, -0.2) is 28.8 Å². The van der Waals surface area contributed by atoms with Gasteiger partial charge in [-0.05, 0) is 61.1 Å². The molecule has 0 saturated carbocycles. The molecule has 1 aliphatic heterocycles. The van der Waals surface area contributed by atoms with Gasteiger partial charge in [0, 0.05) is 31.6 Å². The number of aryl methyl sites for hydroxylation is 2. The van der Waals surface area contributed by atoms with Gasteiger partial charge in [-0.25, -0.2) is 0 Å². The van der Waals surface area contributed by atoms with Gasteiger partial charge in [0.2, 0.25) is 5.91 Å². The first-order chi connectivity index (χ1) is 15.5. The van der Waals surface area contributed by atoms with Crippen LogP contribution in [0.1, 0.15) is 36.5 Å². The van der Waals surface area contributed by atoms with Gasteiger partial charge in [-0.3, -0.25) is 9.59 Å². The van der Waals surface area contributed by atoms with Crippen molar-refractivity contribution in [2.75, 3.05) is 18.0 Å². The van der Waals surface area contributed by atoms with E-state index in [2.05, 4.69) is 41.3 Å². The van der Waals surface area contributed by atoms with Crippen molar-refractivity contribution >= 4 is 11.7 Å². The highest BCUT2D eigenvalue weighted by molar-refractivity contribution is 5.79. The summed E-state index contributed by atoms with van der Waals surface area (Å²) < 4.78 is 1.45. The van der Waals surface area contributed by atoms with E-state index in [0.717, 1.165) is 49.4 Å². The van der Waals surface area contributed by atoms with Crippen molar-refractivity contribution in [3.63, 3.8) is 0 Å². The Bertz CT molecular complexity index is 1130. The molecule has 0 spiro atoms. The van der Waals surface area contributed by atoms with E-state index in [9.17, 15) is 9.59 Å². The molecule has 4 rings (SSSR count). The molecule has 1 fully saturated rings. The summed E-state index contributed by atoms with van der Waals surface area (Å²) >= 11 is 0. The van der Waals surface area contributed by atoms with E-state index in [0.29, 0.717) is 6.54 Å². The fourth-order valence-corrected chi connectivity index (χ4v) is 4.13. The minimum atomic E-state index is -0.150. The Kier molecular flexibility index (Phi) is 6.69. The summed E-state index contributed by atoms with van der Waals surface area (Å²) in [7, 11) is 0. The number of hydrogen-bond acceptors (Lipinski definition) is 4. The molecule has 0 bridgehead atoms. The van der Waals surface area contributed by atoms with Gasteiger partial charge in [-0.15, -0.1) is 5.10 Å². The first kappa shape index (κ1) is 21.8. The largest absolute Gasteiger partial charge is 0.355 e. The first-order valence-electron chi connectivity index (χ1n) is 11.3. The predicted octanol–water partition coefficient (Wildman–Crippen LogP) is 3.64. The SMILES string of the molecule is CCc1ccc(-n2nc(N3CCC(C(=O)NCc4ccccc4C)CC3)ccc2=O)cc1. The van der Waals surface area contributed by atoms with Gasteiger partial charge < -0.3 is 10.2 Å². The molecular formula is C26H30N4O2. The highest BCUT2D eigenvalue weighted by atomic mass is 16.2. The van der Waals surface area contributed by atoms with E-state index in [1.54, 1.807) is 12.1 Å². The Morgan fingerprint density at radius 2 is 1.75 bits per heavy atom. The topological polar surface area (TPSA) is 67.2 Å². The zero-order valence-corrected chi connectivity index (χ0v) is 18.8. The molecule has 0 atom stereocenters. The maximum atomic E-state index is 12.7. The third-order valence-corrected chi connectivity index (χ3v) is 6.28. The molecule has 6 heteroatoms. The van der Waals surface area contributed by atoms with Gasteiger partial charge in [-0.2, -0.15) is 4.68 Å². The van der Waals surface area contributed by atoms with E-state index in [-0.39, 0.29) is 17.4 Å². The summed E-state index contributed by atoms with van der Waals surface area (Å²) in [4.78, 5) is 27.2. The normalized spacial score (nSPS) is 14.4. The average molecular weight is 431 g/mol. The van der Waals surface area contributed by atoms with Crippen molar-refractivity contribution in [2.45, 2.75) is 39.7 Å². The monoisotopic (exact) mass is 430 g/mol. The molecule has 0 aliphatic carbocycles. The number of amides is 1. The predicted molar refractivity (Wildman–Crippen MR) is 127 cm³/mol. The van der Waals surface area contributed by atoms with E-state index < -0.39 is 0 Å². The maximum absolute atomic E-state index is 12.7. The van der Waals surface area contributed by atoms with Crippen LogP contribution in [0.25, 0.3) is 5.69 Å². The van der Waals surface area contributed by atoms with E-state index in [1.165, 1.54) is 15.8 Å². The third kappa shape index (κ3) is 4.90. The molecule has 0 unspecified atom stereocenters. The summed E-state index contributed by atoms with van der Waals surface area (Å²) in [6.07, 6.45) is 2.49. The number of carbonyl (C=O) groups excluding carboxylic acids is 1. The quantitative estimate of drug-likeness (QED) is 0.648. The van der Waals surface area contributed by atoms with Crippen LogP contribution in [0.15, 0.2) is 65.5 Å². The lowest BCUT2D eigenvalue weighted by molar-refractivity contribution is -0.125. The Labute approximate surface area is 188 Å². The summed E-state index contributed by atoms with van der Waals surface area (Å²) in [6, 6.07) is 19.4. The van der Waals surface area contributed by atoms with Crippen molar-refractivity contribution < 1.29 is 4.79 Å². The maximum Gasteiger partial charge on any atom is 0.271 e. The number of hydrogen-bond donors (Lipinski definition) is 1. The van der Waals surface area contributed by atoms with Gasteiger partial charge in [0.15, 0.2) is 0 Å². The number of carbonyl (C=O) groups is 1. The van der Waals surface area contributed by atoms with Gasteiger partial charge in [0.25, 0.3) is 5.56 Å². The molecule has 1 amide bonds. The standard InChI is InChI=1S/C26H30N4O2/c1-3-20-8-10-23(11-9-20)30-25(31)13-12-24(28-30)29-16-14-21(15-17-29)26(32)27-18-22-7-5-4-6-19(22)2/h4-13,21H,3,14-18H2,1-2H3,(H,27,32). The Balaban J connectivity index is 1.38. The van der Waals surface area contributed by atoms with Crippen LogP contribution in [0, 0.1) is 12.8 Å². The molecule has 166 valence electrons. The number of piperidine rings is 1. The fraction of sp³-hybridized carbons (Fsp3) is 0.346. The number of aromatic nitrogens is 2. The van der Waals surface area contributed by atoms with Crippen LogP contribution in [0.3, 0.4) is 0 Å². The fourth-order valence-electron chi connectivity index (χ4n) is 4.13. The molecular weight excluding hydrogens is 400 g/mol. The van der Waals surface area contributed by atoms with Crippen LogP contribution in [-0.2, 0) is 17.8 Å². The molecule has 2 heterocycles. The molecule has 6 nitrogen and oxygen atoms in total. The summed E-state index contributed by atoms with van der Waals surface area (Å²) in [5.74, 6) is 0.882. The van der Waals surface area contributed by atoms with Crippen molar-refractivity contribution in [1.82, 2.24) is 15.1 Å². The molecule has 1 saturated heterocycles. The van der Waals surface area contributed by atoms with Crippen LogP contribution in [0.4, 0.5) is 5.82 Å². The zero-order chi connectivity index (χ0) is 22.5. The molecule has 2 aromatic carbocycles. The van der Waals surface area contributed by atoms with Gasteiger partial charge in [0.05, 0.1) is 5.69 Å². The Hall–Kier alpha value is -3.41. The van der Waals surface area contributed by atoms with Crippen molar-refractivity contribution in [2.24, 2.45) is 5.92 Å². The number of rotatable bonds is 6. The second-order valence-corrected chi connectivity index (χ2v) is 8.37. The zero-order valence-electron chi connectivity index (χ0n) is 18.8. The number of benzene rings is 2. The summed E-state index contributed by atoms with van der Waals surface area (Å²) in [5, 5.41) is 7.70. The highest BCUT2D eigenvalue weighted by Crippen LogP contribution is 2.22.